The van der Waals surface area contributed by atoms with E-state index in [9.17, 15) is 14.9 Å². The van der Waals surface area contributed by atoms with Gasteiger partial charge in [0.05, 0.1) is 23.8 Å². The van der Waals surface area contributed by atoms with Crippen molar-refractivity contribution in [3.63, 3.8) is 0 Å². The van der Waals surface area contributed by atoms with E-state index in [1.807, 2.05) is 0 Å². The van der Waals surface area contributed by atoms with Crippen LogP contribution in [0, 0.1) is 10.1 Å². The Morgan fingerprint density at radius 3 is 3.00 bits per heavy atom. The Hall–Kier alpha value is -1.64. The van der Waals surface area contributed by atoms with Crippen LogP contribution < -0.4 is 5.73 Å². The monoisotopic (exact) mass is 290 g/mol. The molecule has 1 unspecified atom stereocenters. The molecule has 19 heavy (non-hydrogen) atoms. The predicted octanol–water partition coefficient (Wildman–Crippen LogP) is 0.144. The lowest BCUT2D eigenvalue weighted by Gasteiger charge is -2.32. The SMILES string of the molecule is Cl.NCC1CN(C(=O)c2cc([N+](=O)[O-])c[nH]2)CCO1. The van der Waals surface area contributed by atoms with Crippen molar-refractivity contribution in [3.8, 4) is 0 Å². The Labute approximate surface area is 115 Å². The maximum absolute atomic E-state index is 12.1. The topological polar surface area (TPSA) is 114 Å². The third-order valence-electron chi connectivity index (χ3n) is 2.80. The van der Waals surface area contributed by atoms with Crippen LogP contribution in [0.1, 0.15) is 10.5 Å². The number of aromatic nitrogens is 1. The number of amides is 1. The number of halogens is 1. The number of nitrogens with one attached hydrogen (secondary N) is 1. The van der Waals surface area contributed by atoms with Gasteiger partial charge in [0.2, 0.25) is 0 Å². The van der Waals surface area contributed by atoms with Crippen LogP contribution >= 0.6 is 12.4 Å². The average molecular weight is 291 g/mol. The molecule has 0 radical (unpaired) electrons. The van der Waals surface area contributed by atoms with Crippen LogP contribution in [0.3, 0.4) is 0 Å². The van der Waals surface area contributed by atoms with Gasteiger partial charge in [0.15, 0.2) is 0 Å². The molecule has 8 nitrogen and oxygen atoms in total. The zero-order valence-electron chi connectivity index (χ0n) is 10.1. The van der Waals surface area contributed by atoms with Crippen LogP contribution in [0.2, 0.25) is 0 Å². The number of hydrogen-bond acceptors (Lipinski definition) is 5. The molecular formula is C10H15ClN4O4. The molecule has 0 saturated carbocycles. The van der Waals surface area contributed by atoms with Gasteiger partial charge in [0.25, 0.3) is 11.6 Å². The lowest BCUT2D eigenvalue weighted by atomic mass is 10.2. The number of ether oxygens (including phenoxy) is 1. The molecule has 1 aliphatic heterocycles. The minimum atomic E-state index is -0.546. The van der Waals surface area contributed by atoms with Crippen molar-refractivity contribution in [1.29, 1.82) is 0 Å². The molecule has 1 aliphatic rings. The summed E-state index contributed by atoms with van der Waals surface area (Å²) in [5.74, 6) is -0.273. The highest BCUT2D eigenvalue weighted by molar-refractivity contribution is 5.93. The fourth-order valence-electron chi connectivity index (χ4n) is 1.83. The van der Waals surface area contributed by atoms with E-state index in [0.717, 1.165) is 0 Å². The van der Waals surface area contributed by atoms with Gasteiger partial charge < -0.3 is 20.4 Å². The van der Waals surface area contributed by atoms with Crippen molar-refractivity contribution < 1.29 is 14.5 Å². The first-order valence-electron chi connectivity index (χ1n) is 5.55. The Bertz CT molecular complexity index is 464. The number of carbonyl (C=O) groups excluding carboxylic acids is 1. The zero-order valence-corrected chi connectivity index (χ0v) is 10.9. The second-order valence-electron chi connectivity index (χ2n) is 4.01. The van der Waals surface area contributed by atoms with Gasteiger partial charge in [-0.05, 0) is 0 Å². The van der Waals surface area contributed by atoms with Crippen molar-refractivity contribution in [3.05, 3.63) is 28.1 Å². The summed E-state index contributed by atoms with van der Waals surface area (Å²) in [5.41, 5.74) is 5.57. The van der Waals surface area contributed by atoms with Gasteiger partial charge in [-0.2, -0.15) is 0 Å². The molecule has 1 amide bonds. The summed E-state index contributed by atoms with van der Waals surface area (Å²) in [7, 11) is 0. The first kappa shape index (κ1) is 15.4. The van der Waals surface area contributed by atoms with Crippen molar-refractivity contribution in [2.75, 3.05) is 26.2 Å². The van der Waals surface area contributed by atoms with Crippen LogP contribution in [0.15, 0.2) is 12.3 Å². The third-order valence-corrected chi connectivity index (χ3v) is 2.80. The molecule has 0 aromatic carbocycles. The number of nitrogens with zero attached hydrogens (tertiary/aromatic N) is 2. The molecule has 9 heteroatoms. The van der Waals surface area contributed by atoms with E-state index in [0.29, 0.717) is 26.2 Å². The van der Waals surface area contributed by atoms with E-state index in [1.54, 1.807) is 4.90 Å². The average Bonchev–Trinajstić information content (AvgIpc) is 2.87. The van der Waals surface area contributed by atoms with Gasteiger partial charge >= 0.3 is 0 Å². The highest BCUT2D eigenvalue weighted by Gasteiger charge is 2.26. The number of carbonyl (C=O) groups is 1. The Kier molecular flexibility index (Phi) is 5.28. The van der Waals surface area contributed by atoms with Gasteiger partial charge in [-0.1, -0.05) is 0 Å². The van der Waals surface area contributed by atoms with Gasteiger partial charge in [-0.3, -0.25) is 14.9 Å². The van der Waals surface area contributed by atoms with E-state index >= 15 is 0 Å². The van der Waals surface area contributed by atoms with Crippen LogP contribution in [0.25, 0.3) is 0 Å². The lowest BCUT2D eigenvalue weighted by Crippen LogP contribution is -2.48. The summed E-state index contributed by atoms with van der Waals surface area (Å²) in [6.07, 6.45) is 1.03. The van der Waals surface area contributed by atoms with E-state index in [2.05, 4.69) is 4.98 Å². The fourth-order valence-corrected chi connectivity index (χ4v) is 1.83. The molecule has 106 valence electrons. The maximum atomic E-state index is 12.1. The Morgan fingerprint density at radius 1 is 1.68 bits per heavy atom. The van der Waals surface area contributed by atoms with Crippen molar-refractivity contribution in [2.24, 2.45) is 5.73 Å². The number of rotatable bonds is 3. The Balaban J connectivity index is 0.00000180. The van der Waals surface area contributed by atoms with Crippen LogP contribution in [-0.2, 0) is 4.74 Å². The second-order valence-corrected chi connectivity index (χ2v) is 4.01. The molecule has 2 heterocycles. The minimum absolute atomic E-state index is 0. The highest BCUT2D eigenvalue weighted by atomic mass is 35.5. The fraction of sp³-hybridized carbons (Fsp3) is 0.500. The van der Waals surface area contributed by atoms with Crippen molar-refractivity contribution in [1.82, 2.24) is 9.88 Å². The normalized spacial score (nSPS) is 18.8. The van der Waals surface area contributed by atoms with E-state index in [1.165, 1.54) is 12.3 Å². The summed E-state index contributed by atoms with van der Waals surface area (Å²) in [5, 5.41) is 10.5. The summed E-state index contributed by atoms with van der Waals surface area (Å²) >= 11 is 0. The number of morpholine rings is 1. The Morgan fingerprint density at radius 2 is 2.42 bits per heavy atom. The van der Waals surface area contributed by atoms with Gasteiger partial charge in [-0.25, -0.2) is 0 Å². The lowest BCUT2D eigenvalue weighted by molar-refractivity contribution is -0.384. The van der Waals surface area contributed by atoms with Crippen LogP contribution in [-0.4, -0.2) is 53.1 Å². The minimum Gasteiger partial charge on any atom is -0.373 e. The number of hydrogen-bond donors (Lipinski definition) is 2. The largest absolute Gasteiger partial charge is 0.373 e. The number of nitrogens with two attached hydrogens (primary N) is 1. The van der Waals surface area contributed by atoms with E-state index in [4.69, 9.17) is 10.5 Å². The molecule has 1 aromatic rings. The summed E-state index contributed by atoms with van der Waals surface area (Å²) in [4.78, 5) is 26.3. The number of aromatic amines is 1. The molecule has 1 aromatic heterocycles. The molecular weight excluding hydrogens is 276 g/mol. The van der Waals surface area contributed by atoms with E-state index in [-0.39, 0.29) is 35.8 Å². The summed E-state index contributed by atoms with van der Waals surface area (Å²) < 4.78 is 5.35. The molecule has 2 rings (SSSR count). The molecule has 0 aliphatic carbocycles. The summed E-state index contributed by atoms with van der Waals surface area (Å²) in [6.45, 7) is 1.63. The van der Waals surface area contributed by atoms with Gasteiger partial charge in [0.1, 0.15) is 5.69 Å². The van der Waals surface area contributed by atoms with Gasteiger partial charge in [-0.15, -0.1) is 12.4 Å². The number of nitro groups is 1. The molecule has 0 bridgehead atoms. The summed E-state index contributed by atoms with van der Waals surface area (Å²) in [6, 6.07) is 1.23. The standard InChI is InChI=1S/C10H14N4O4.ClH/c11-4-8-6-13(1-2-18-8)10(15)9-3-7(5-12-9)14(16)17;/h3,5,8,12H,1-2,4,6,11H2;1H. The van der Waals surface area contributed by atoms with Crippen molar-refractivity contribution >= 4 is 24.0 Å². The van der Waals surface area contributed by atoms with Gasteiger partial charge in [0, 0.05) is 25.7 Å². The van der Waals surface area contributed by atoms with Crippen LogP contribution in [0.5, 0.6) is 0 Å². The van der Waals surface area contributed by atoms with E-state index < -0.39 is 4.92 Å². The first-order valence-corrected chi connectivity index (χ1v) is 5.55. The molecule has 3 N–H and O–H groups in total. The van der Waals surface area contributed by atoms with Crippen molar-refractivity contribution in [2.45, 2.75) is 6.10 Å². The maximum Gasteiger partial charge on any atom is 0.287 e. The molecule has 1 atom stereocenters. The third kappa shape index (κ3) is 3.43. The number of H-pyrrole nitrogens is 1. The molecule has 0 spiro atoms. The van der Waals surface area contributed by atoms with Crippen LogP contribution in [0.4, 0.5) is 5.69 Å². The quantitative estimate of drug-likeness (QED) is 0.607. The zero-order chi connectivity index (χ0) is 13.1. The molecule has 1 saturated heterocycles. The second kappa shape index (κ2) is 6.50. The smallest absolute Gasteiger partial charge is 0.287 e. The first-order chi connectivity index (χ1) is 8.61. The molecule has 1 fully saturated rings. The predicted molar refractivity (Wildman–Crippen MR) is 69.4 cm³/mol. The highest BCUT2D eigenvalue weighted by Crippen LogP contribution is 2.15.